The number of rotatable bonds is 1. The van der Waals surface area contributed by atoms with E-state index in [2.05, 4.69) is 4.90 Å². The van der Waals surface area contributed by atoms with Crippen molar-refractivity contribution in [1.29, 1.82) is 0 Å². The molecule has 3 nitrogen and oxygen atoms in total. The van der Waals surface area contributed by atoms with Crippen LogP contribution in [-0.4, -0.2) is 41.7 Å². The topological polar surface area (TPSA) is 38.5 Å². The number of nitrogens with zero attached hydrogens (tertiary/aromatic N) is 1. The van der Waals surface area contributed by atoms with Gasteiger partial charge < -0.3 is 10.5 Å². The molecule has 2 rings (SSSR count). The summed E-state index contributed by atoms with van der Waals surface area (Å²) in [5.41, 5.74) is 5.53. The molecule has 0 aromatic rings. The first kappa shape index (κ1) is 8.41. The van der Waals surface area contributed by atoms with Crippen LogP contribution < -0.4 is 5.73 Å². The van der Waals surface area contributed by atoms with Crippen LogP contribution in [0.25, 0.3) is 0 Å². The third kappa shape index (κ3) is 1.46. The minimum atomic E-state index is -0.00523. The molecule has 0 aromatic heterocycles. The molecule has 68 valence electrons. The van der Waals surface area contributed by atoms with E-state index in [9.17, 15) is 0 Å². The van der Waals surface area contributed by atoms with Gasteiger partial charge in [-0.1, -0.05) is 12.2 Å². The minimum Gasteiger partial charge on any atom is -0.391 e. The summed E-state index contributed by atoms with van der Waals surface area (Å²) in [5.74, 6) is 0. The van der Waals surface area contributed by atoms with Crippen LogP contribution in [0.4, 0.5) is 0 Å². The average Bonchev–Trinajstić information content (AvgIpc) is 2.49. The van der Waals surface area contributed by atoms with Crippen molar-refractivity contribution < 1.29 is 4.74 Å². The molecule has 0 aliphatic carbocycles. The van der Waals surface area contributed by atoms with Crippen molar-refractivity contribution >= 4 is 17.2 Å². The fourth-order valence-electron chi connectivity index (χ4n) is 1.99. The Kier molecular flexibility index (Phi) is 2.30. The Hall–Kier alpha value is -0.190. The standard InChI is InChI=1S/C8H14N2OS/c9-8(12)7-4-10-3-1-2-6(10)5-11-7/h6-7H,1-5H2,(H2,9,12). The van der Waals surface area contributed by atoms with Crippen LogP contribution >= 0.6 is 12.2 Å². The zero-order valence-corrected chi connectivity index (χ0v) is 7.85. The molecule has 2 aliphatic rings. The van der Waals surface area contributed by atoms with E-state index in [1.165, 1.54) is 19.4 Å². The number of ether oxygens (including phenoxy) is 1. The summed E-state index contributed by atoms with van der Waals surface area (Å²) >= 11 is 4.90. The number of hydrogen-bond acceptors (Lipinski definition) is 3. The van der Waals surface area contributed by atoms with Gasteiger partial charge in [-0.3, -0.25) is 4.90 Å². The summed E-state index contributed by atoms with van der Waals surface area (Å²) in [6, 6.07) is 0.635. The number of morpholine rings is 1. The maximum atomic E-state index is 5.55. The highest BCUT2D eigenvalue weighted by atomic mass is 32.1. The molecule has 2 aliphatic heterocycles. The minimum absolute atomic E-state index is 0.00523. The Bertz CT molecular complexity index is 197. The van der Waals surface area contributed by atoms with Gasteiger partial charge in [-0.15, -0.1) is 0 Å². The summed E-state index contributed by atoms with van der Waals surface area (Å²) in [4.78, 5) is 2.94. The lowest BCUT2D eigenvalue weighted by molar-refractivity contribution is -0.0155. The predicted octanol–water partition coefficient (Wildman–Crippen LogP) is 0.136. The van der Waals surface area contributed by atoms with Gasteiger partial charge in [-0.2, -0.15) is 0 Å². The maximum absolute atomic E-state index is 5.55. The summed E-state index contributed by atoms with van der Waals surface area (Å²) in [6.45, 7) is 2.90. The van der Waals surface area contributed by atoms with Crippen LogP contribution in [0.3, 0.4) is 0 Å². The Balaban J connectivity index is 1.96. The Morgan fingerprint density at radius 1 is 1.58 bits per heavy atom. The average molecular weight is 186 g/mol. The SMILES string of the molecule is NC(=S)C1CN2CCCC2CO1. The van der Waals surface area contributed by atoms with Crippen molar-refractivity contribution in [2.24, 2.45) is 5.73 Å². The van der Waals surface area contributed by atoms with Crippen molar-refractivity contribution in [3.8, 4) is 0 Å². The van der Waals surface area contributed by atoms with Crippen LogP contribution in [0.2, 0.25) is 0 Å². The lowest BCUT2D eigenvalue weighted by atomic mass is 10.2. The van der Waals surface area contributed by atoms with E-state index in [0.29, 0.717) is 11.0 Å². The Labute approximate surface area is 77.9 Å². The van der Waals surface area contributed by atoms with E-state index in [4.69, 9.17) is 22.7 Å². The molecule has 0 bridgehead atoms. The van der Waals surface area contributed by atoms with Gasteiger partial charge in [0.25, 0.3) is 0 Å². The molecule has 2 unspecified atom stereocenters. The van der Waals surface area contributed by atoms with Crippen molar-refractivity contribution in [3.05, 3.63) is 0 Å². The summed E-state index contributed by atoms with van der Waals surface area (Å²) in [7, 11) is 0. The van der Waals surface area contributed by atoms with Crippen LogP contribution in [0.5, 0.6) is 0 Å². The molecule has 2 atom stereocenters. The third-order valence-corrected chi connectivity index (χ3v) is 2.97. The monoisotopic (exact) mass is 186 g/mol. The van der Waals surface area contributed by atoms with Crippen molar-refractivity contribution in [2.45, 2.75) is 25.0 Å². The van der Waals surface area contributed by atoms with Crippen LogP contribution in [0, 0.1) is 0 Å². The molecule has 2 heterocycles. The van der Waals surface area contributed by atoms with Gasteiger partial charge in [0.15, 0.2) is 0 Å². The van der Waals surface area contributed by atoms with Crippen molar-refractivity contribution in [2.75, 3.05) is 19.7 Å². The first-order valence-corrected chi connectivity index (χ1v) is 4.83. The zero-order valence-electron chi connectivity index (χ0n) is 7.03. The quantitative estimate of drug-likeness (QED) is 0.591. The largest absolute Gasteiger partial charge is 0.391 e. The fraction of sp³-hybridized carbons (Fsp3) is 0.875. The van der Waals surface area contributed by atoms with Gasteiger partial charge in [0.1, 0.15) is 11.1 Å². The first-order valence-electron chi connectivity index (χ1n) is 4.42. The van der Waals surface area contributed by atoms with Gasteiger partial charge in [-0.25, -0.2) is 0 Å². The molecule has 0 radical (unpaired) electrons. The van der Waals surface area contributed by atoms with E-state index >= 15 is 0 Å². The molecule has 12 heavy (non-hydrogen) atoms. The highest BCUT2D eigenvalue weighted by Gasteiger charge is 2.32. The highest BCUT2D eigenvalue weighted by Crippen LogP contribution is 2.22. The lowest BCUT2D eigenvalue weighted by Gasteiger charge is -2.34. The molecule has 0 aromatic carbocycles. The Morgan fingerprint density at radius 3 is 3.17 bits per heavy atom. The molecule has 2 fully saturated rings. The fourth-order valence-corrected chi connectivity index (χ4v) is 2.13. The van der Waals surface area contributed by atoms with Crippen molar-refractivity contribution in [1.82, 2.24) is 4.90 Å². The van der Waals surface area contributed by atoms with Gasteiger partial charge in [0, 0.05) is 12.6 Å². The van der Waals surface area contributed by atoms with E-state index in [-0.39, 0.29) is 6.10 Å². The zero-order chi connectivity index (χ0) is 8.55. The van der Waals surface area contributed by atoms with E-state index in [1.807, 2.05) is 0 Å². The Morgan fingerprint density at radius 2 is 2.42 bits per heavy atom. The second-order valence-corrected chi connectivity index (χ2v) is 3.99. The van der Waals surface area contributed by atoms with Gasteiger partial charge >= 0.3 is 0 Å². The second-order valence-electron chi connectivity index (χ2n) is 3.52. The molecule has 4 heteroatoms. The van der Waals surface area contributed by atoms with Crippen LogP contribution in [-0.2, 0) is 4.74 Å². The predicted molar refractivity (Wildman–Crippen MR) is 51.1 cm³/mol. The molecule has 0 saturated carbocycles. The van der Waals surface area contributed by atoms with E-state index < -0.39 is 0 Å². The number of hydrogen-bond donors (Lipinski definition) is 1. The molecular weight excluding hydrogens is 172 g/mol. The first-order chi connectivity index (χ1) is 5.77. The van der Waals surface area contributed by atoms with Crippen LogP contribution in [0.1, 0.15) is 12.8 Å². The van der Waals surface area contributed by atoms with Gasteiger partial charge in [0.05, 0.1) is 6.61 Å². The molecule has 2 saturated heterocycles. The summed E-state index contributed by atoms with van der Waals surface area (Å²) in [6.07, 6.45) is 2.55. The van der Waals surface area contributed by atoms with Crippen LogP contribution in [0.15, 0.2) is 0 Å². The van der Waals surface area contributed by atoms with Crippen molar-refractivity contribution in [3.63, 3.8) is 0 Å². The maximum Gasteiger partial charge on any atom is 0.120 e. The lowest BCUT2D eigenvalue weighted by Crippen LogP contribution is -2.50. The summed E-state index contributed by atoms with van der Waals surface area (Å²) < 4.78 is 5.55. The number of nitrogens with two attached hydrogens (primary N) is 1. The third-order valence-electron chi connectivity index (χ3n) is 2.71. The highest BCUT2D eigenvalue weighted by molar-refractivity contribution is 7.80. The normalized spacial score (nSPS) is 36.3. The van der Waals surface area contributed by atoms with Gasteiger partial charge in [-0.05, 0) is 19.4 Å². The van der Waals surface area contributed by atoms with Gasteiger partial charge in [0.2, 0.25) is 0 Å². The molecular formula is C8H14N2OS. The molecule has 0 spiro atoms. The summed E-state index contributed by atoms with van der Waals surface area (Å²) in [5, 5.41) is 0. The molecule has 0 amide bonds. The second kappa shape index (κ2) is 3.28. The molecule has 2 N–H and O–H groups in total. The smallest absolute Gasteiger partial charge is 0.120 e. The number of thiocarbonyl (C=S) groups is 1. The number of fused-ring (bicyclic) bond motifs is 1. The van der Waals surface area contributed by atoms with E-state index in [0.717, 1.165) is 13.2 Å². The van der Waals surface area contributed by atoms with E-state index in [1.54, 1.807) is 0 Å².